The number of halogens is 1. The SMILES string of the molecule is COc1ccc(C2=NC(=Cc3cccc([N+](=O)[O-])c3)C(=O)O2)c(Br)c1. The third-order valence-electron chi connectivity index (χ3n) is 3.41. The molecule has 0 unspecified atom stereocenters. The monoisotopic (exact) mass is 402 g/mol. The van der Waals surface area contributed by atoms with E-state index in [0.29, 0.717) is 21.3 Å². The molecule has 0 saturated carbocycles. The fourth-order valence-corrected chi connectivity index (χ4v) is 2.73. The molecule has 3 rings (SSSR count). The molecule has 0 amide bonds. The number of benzene rings is 2. The summed E-state index contributed by atoms with van der Waals surface area (Å²) < 4.78 is 11.0. The number of cyclic esters (lactones) is 1. The minimum absolute atomic E-state index is 0.0668. The van der Waals surface area contributed by atoms with Gasteiger partial charge in [0.2, 0.25) is 5.90 Å². The molecule has 0 N–H and O–H groups in total. The molecule has 0 atom stereocenters. The Morgan fingerprint density at radius 3 is 2.76 bits per heavy atom. The van der Waals surface area contributed by atoms with E-state index < -0.39 is 10.9 Å². The molecule has 2 aromatic rings. The van der Waals surface area contributed by atoms with Crippen LogP contribution in [0.1, 0.15) is 11.1 Å². The average Bonchev–Trinajstić information content (AvgIpc) is 2.95. The van der Waals surface area contributed by atoms with Gasteiger partial charge in [-0.25, -0.2) is 9.79 Å². The van der Waals surface area contributed by atoms with Gasteiger partial charge in [0.05, 0.1) is 17.6 Å². The van der Waals surface area contributed by atoms with E-state index in [1.54, 1.807) is 31.4 Å². The molecule has 7 nitrogen and oxygen atoms in total. The van der Waals surface area contributed by atoms with Crippen molar-refractivity contribution in [1.82, 2.24) is 0 Å². The molecule has 2 aromatic carbocycles. The number of methoxy groups -OCH3 is 1. The first kappa shape index (κ1) is 16.8. The molecule has 0 spiro atoms. The average molecular weight is 403 g/mol. The summed E-state index contributed by atoms with van der Waals surface area (Å²) in [6, 6.07) is 11.1. The zero-order valence-electron chi connectivity index (χ0n) is 12.9. The summed E-state index contributed by atoms with van der Waals surface area (Å²) in [4.78, 5) is 26.6. The summed E-state index contributed by atoms with van der Waals surface area (Å²) in [5.74, 6) is 0.174. The van der Waals surface area contributed by atoms with Crippen LogP contribution in [-0.2, 0) is 9.53 Å². The number of nitrogens with zero attached hydrogens (tertiary/aromatic N) is 2. The minimum Gasteiger partial charge on any atom is -0.497 e. The van der Waals surface area contributed by atoms with Crippen LogP contribution in [-0.4, -0.2) is 23.9 Å². The lowest BCUT2D eigenvalue weighted by Gasteiger charge is -2.05. The van der Waals surface area contributed by atoms with Crippen LogP contribution in [0, 0.1) is 10.1 Å². The van der Waals surface area contributed by atoms with Crippen LogP contribution in [0.3, 0.4) is 0 Å². The first-order valence-electron chi connectivity index (χ1n) is 7.09. The van der Waals surface area contributed by atoms with E-state index in [1.807, 2.05) is 0 Å². The summed E-state index contributed by atoms with van der Waals surface area (Å²) >= 11 is 3.38. The van der Waals surface area contributed by atoms with Crippen LogP contribution < -0.4 is 4.74 Å². The lowest BCUT2D eigenvalue weighted by Crippen LogP contribution is -2.06. The highest BCUT2D eigenvalue weighted by Crippen LogP contribution is 2.27. The van der Waals surface area contributed by atoms with Crippen LogP contribution in [0.5, 0.6) is 5.75 Å². The third-order valence-corrected chi connectivity index (χ3v) is 4.07. The molecule has 0 fully saturated rings. The molecule has 0 aliphatic carbocycles. The van der Waals surface area contributed by atoms with Crippen molar-refractivity contribution < 1.29 is 19.2 Å². The number of nitro benzene ring substituents is 1. The summed E-state index contributed by atoms with van der Waals surface area (Å²) in [6.45, 7) is 0. The molecule has 1 aliphatic heterocycles. The summed E-state index contributed by atoms with van der Waals surface area (Å²) in [7, 11) is 1.55. The van der Waals surface area contributed by atoms with Gasteiger partial charge in [-0.1, -0.05) is 12.1 Å². The van der Waals surface area contributed by atoms with Crippen LogP contribution in [0.25, 0.3) is 6.08 Å². The highest BCUT2D eigenvalue weighted by molar-refractivity contribution is 9.10. The third kappa shape index (κ3) is 3.58. The molecular weight excluding hydrogens is 392 g/mol. The van der Waals surface area contributed by atoms with Crippen molar-refractivity contribution in [2.75, 3.05) is 7.11 Å². The molecule has 1 heterocycles. The van der Waals surface area contributed by atoms with Gasteiger partial charge in [-0.15, -0.1) is 0 Å². The Morgan fingerprint density at radius 1 is 1.28 bits per heavy atom. The summed E-state index contributed by atoms with van der Waals surface area (Å²) in [5, 5.41) is 10.8. The zero-order valence-corrected chi connectivity index (χ0v) is 14.5. The standard InChI is InChI=1S/C17H11BrN2O5/c1-24-12-5-6-13(14(18)9-12)16-19-15(17(21)25-16)8-10-3-2-4-11(7-10)20(22)23/h2-9H,1H3. The first-order chi connectivity index (χ1) is 12.0. The van der Waals surface area contributed by atoms with Gasteiger partial charge < -0.3 is 9.47 Å². The largest absolute Gasteiger partial charge is 0.497 e. The minimum atomic E-state index is -0.621. The van der Waals surface area contributed by atoms with E-state index in [0.717, 1.165) is 0 Å². The number of hydrogen-bond donors (Lipinski definition) is 0. The second-order valence-corrected chi connectivity index (χ2v) is 5.89. The highest BCUT2D eigenvalue weighted by atomic mass is 79.9. The maximum absolute atomic E-state index is 12.0. The summed E-state index contributed by atoms with van der Waals surface area (Å²) in [6.07, 6.45) is 1.44. The molecule has 0 aromatic heterocycles. The van der Waals surface area contributed by atoms with Crippen molar-refractivity contribution >= 4 is 39.6 Å². The Kier molecular flexibility index (Phi) is 4.62. The van der Waals surface area contributed by atoms with Crippen LogP contribution in [0.4, 0.5) is 5.69 Å². The van der Waals surface area contributed by atoms with Crippen molar-refractivity contribution in [3.05, 3.63) is 73.9 Å². The molecule has 0 bridgehead atoms. The lowest BCUT2D eigenvalue weighted by atomic mass is 10.1. The fraction of sp³-hybridized carbons (Fsp3) is 0.0588. The fourth-order valence-electron chi connectivity index (χ4n) is 2.21. The van der Waals surface area contributed by atoms with Crippen molar-refractivity contribution in [2.24, 2.45) is 4.99 Å². The maximum Gasteiger partial charge on any atom is 0.363 e. The number of aliphatic imine (C=N–C) groups is 1. The number of carbonyl (C=O) groups excluding carboxylic acids is 1. The van der Waals surface area contributed by atoms with E-state index in [9.17, 15) is 14.9 Å². The van der Waals surface area contributed by atoms with Crippen molar-refractivity contribution in [1.29, 1.82) is 0 Å². The van der Waals surface area contributed by atoms with Gasteiger partial charge in [0.15, 0.2) is 5.70 Å². The quantitative estimate of drug-likeness (QED) is 0.336. The van der Waals surface area contributed by atoms with E-state index >= 15 is 0 Å². The predicted molar refractivity (Wildman–Crippen MR) is 94.4 cm³/mol. The molecule has 25 heavy (non-hydrogen) atoms. The maximum atomic E-state index is 12.0. The van der Waals surface area contributed by atoms with Gasteiger partial charge in [0.1, 0.15) is 5.75 Å². The van der Waals surface area contributed by atoms with E-state index in [-0.39, 0.29) is 17.3 Å². The molecular formula is C17H11BrN2O5. The number of nitro groups is 1. The molecule has 0 saturated heterocycles. The number of non-ortho nitro benzene ring substituents is 1. The van der Waals surface area contributed by atoms with Crippen molar-refractivity contribution in [2.45, 2.75) is 0 Å². The van der Waals surface area contributed by atoms with Crippen LogP contribution in [0.15, 0.2) is 57.6 Å². The number of hydrogen-bond acceptors (Lipinski definition) is 6. The van der Waals surface area contributed by atoms with Gasteiger partial charge in [-0.3, -0.25) is 10.1 Å². The molecule has 126 valence electrons. The summed E-state index contributed by atoms with van der Waals surface area (Å²) in [5.41, 5.74) is 1.08. The van der Waals surface area contributed by atoms with Gasteiger partial charge >= 0.3 is 5.97 Å². The second-order valence-electron chi connectivity index (χ2n) is 5.03. The zero-order chi connectivity index (χ0) is 18.0. The van der Waals surface area contributed by atoms with E-state index in [2.05, 4.69) is 20.9 Å². The van der Waals surface area contributed by atoms with E-state index in [4.69, 9.17) is 9.47 Å². The number of esters is 1. The first-order valence-corrected chi connectivity index (χ1v) is 7.88. The Balaban J connectivity index is 1.95. The van der Waals surface area contributed by atoms with Gasteiger partial charge in [-0.2, -0.15) is 0 Å². The van der Waals surface area contributed by atoms with Gasteiger partial charge in [-0.05, 0) is 45.8 Å². The number of ether oxygens (including phenoxy) is 2. The van der Waals surface area contributed by atoms with Gasteiger partial charge in [0.25, 0.3) is 5.69 Å². The van der Waals surface area contributed by atoms with Crippen molar-refractivity contribution in [3.8, 4) is 5.75 Å². The lowest BCUT2D eigenvalue weighted by molar-refractivity contribution is -0.384. The normalized spacial score (nSPS) is 15.0. The molecule has 0 radical (unpaired) electrons. The molecule has 8 heteroatoms. The van der Waals surface area contributed by atoms with Crippen molar-refractivity contribution in [3.63, 3.8) is 0 Å². The van der Waals surface area contributed by atoms with Gasteiger partial charge in [0, 0.05) is 16.6 Å². The van der Waals surface area contributed by atoms with E-state index in [1.165, 1.54) is 24.3 Å². The highest BCUT2D eigenvalue weighted by Gasteiger charge is 2.25. The Labute approximate surface area is 150 Å². The molecule has 1 aliphatic rings. The Morgan fingerprint density at radius 2 is 2.08 bits per heavy atom. The second kappa shape index (κ2) is 6.86. The van der Waals surface area contributed by atoms with Crippen LogP contribution in [0.2, 0.25) is 0 Å². The number of carbonyl (C=O) groups is 1. The van der Waals surface area contributed by atoms with Crippen LogP contribution >= 0.6 is 15.9 Å². The topological polar surface area (TPSA) is 91.0 Å². The number of rotatable bonds is 4. The predicted octanol–water partition coefficient (Wildman–Crippen LogP) is 3.71. The Bertz CT molecular complexity index is 936. The smallest absolute Gasteiger partial charge is 0.363 e. The Hall–Kier alpha value is -3.00.